The zero-order chi connectivity index (χ0) is 14.9. The Hall–Kier alpha value is -0.900. The van der Waals surface area contributed by atoms with E-state index in [-0.39, 0.29) is 17.2 Å². The largest absolute Gasteiger partial charge is 0.316 e. The summed E-state index contributed by atoms with van der Waals surface area (Å²) in [7, 11) is 0. The Morgan fingerprint density at radius 3 is 2.43 bits per heavy atom. The van der Waals surface area contributed by atoms with E-state index in [0.717, 1.165) is 32.4 Å². The monoisotopic (exact) mass is 292 g/mol. The van der Waals surface area contributed by atoms with E-state index in [9.17, 15) is 9.59 Å². The average Bonchev–Trinajstić information content (AvgIpc) is 2.45. The van der Waals surface area contributed by atoms with Crippen LogP contribution in [0.4, 0.5) is 0 Å². The van der Waals surface area contributed by atoms with Gasteiger partial charge in [0.05, 0.1) is 0 Å². The first-order valence-corrected chi connectivity index (χ1v) is 8.64. The Kier molecular flexibility index (Phi) is 4.34. The number of imide groups is 1. The van der Waals surface area contributed by atoms with Crippen LogP contribution >= 0.6 is 0 Å². The predicted molar refractivity (Wildman–Crippen MR) is 81.6 cm³/mol. The topological polar surface area (TPSA) is 49.4 Å². The summed E-state index contributed by atoms with van der Waals surface area (Å²) in [5, 5.41) is 3.39. The van der Waals surface area contributed by atoms with Crippen molar-refractivity contribution in [2.24, 2.45) is 17.3 Å². The number of piperidine rings is 2. The molecule has 2 heterocycles. The lowest BCUT2D eigenvalue weighted by Gasteiger charge is -2.43. The average molecular weight is 292 g/mol. The Morgan fingerprint density at radius 1 is 1.14 bits per heavy atom. The molecule has 0 aromatic rings. The standard InChI is InChI=1S/C17H28N2O2/c1-13-5-8-18-11-14(13)12-19-15(20)9-17(10-16(19)21)6-3-2-4-7-17/h13-14,18H,2-12H2,1H3. The lowest BCUT2D eigenvalue weighted by Crippen LogP contribution is -2.52. The first kappa shape index (κ1) is 15.0. The molecule has 2 amide bonds. The van der Waals surface area contributed by atoms with Gasteiger partial charge in [-0.25, -0.2) is 0 Å². The van der Waals surface area contributed by atoms with Crippen LogP contribution in [0.2, 0.25) is 0 Å². The number of carbonyl (C=O) groups excluding carboxylic acids is 2. The fourth-order valence-corrected chi connectivity index (χ4v) is 4.43. The lowest BCUT2D eigenvalue weighted by molar-refractivity contribution is -0.155. The zero-order valence-electron chi connectivity index (χ0n) is 13.2. The van der Waals surface area contributed by atoms with Gasteiger partial charge in [0.15, 0.2) is 0 Å². The summed E-state index contributed by atoms with van der Waals surface area (Å²) in [4.78, 5) is 26.7. The molecule has 2 saturated heterocycles. The summed E-state index contributed by atoms with van der Waals surface area (Å²) in [6.45, 7) is 4.86. The second-order valence-corrected chi connectivity index (χ2v) is 7.54. The maximum atomic E-state index is 12.5. The van der Waals surface area contributed by atoms with Crippen LogP contribution in [-0.2, 0) is 9.59 Å². The van der Waals surface area contributed by atoms with Gasteiger partial charge in [0.1, 0.15) is 0 Å². The molecule has 118 valence electrons. The highest BCUT2D eigenvalue weighted by atomic mass is 16.2. The maximum absolute atomic E-state index is 12.5. The molecule has 2 aliphatic heterocycles. The molecular formula is C17H28N2O2. The van der Waals surface area contributed by atoms with Crippen molar-refractivity contribution in [1.82, 2.24) is 10.2 Å². The van der Waals surface area contributed by atoms with Crippen molar-refractivity contribution >= 4 is 11.8 Å². The highest BCUT2D eigenvalue weighted by molar-refractivity contribution is 5.98. The Labute approximate surface area is 127 Å². The smallest absolute Gasteiger partial charge is 0.229 e. The number of hydrogen-bond donors (Lipinski definition) is 1. The number of rotatable bonds is 2. The van der Waals surface area contributed by atoms with Crippen molar-refractivity contribution in [3.8, 4) is 0 Å². The first-order chi connectivity index (χ1) is 10.1. The Morgan fingerprint density at radius 2 is 1.81 bits per heavy atom. The highest BCUT2D eigenvalue weighted by Crippen LogP contribution is 2.45. The molecule has 2 atom stereocenters. The predicted octanol–water partition coefficient (Wildman–Crippen LogP) is 2.33. The van der Waals surface area contributed by atoms with Gasteiger partial charge >= 0.3 is 0 Å². The summed E-state index contributed by atoms with van der Waals surface area (Å²) < 4.78 is 0. The molecule has 0 aromatic carbocycles. The molecule has 1 spiro atoms. The molecule has 3 rings (SSSR count). The van der Waals surface area contributed by atoms with Gasteiger partial charge in [-0.3, -0.25) is 14.5 Å². The molecule has 1 aliphatic carbocycles. The molecule has 1 N–H and O–H groups in total. The van der Waals surface area contributed by atoms with Gasteiger partial charge < -0.3 is 5.32 Å². The SMILES string of the molecule is CC1CCNCC1CN1C(=O)CC2(CCCCC2)CC1=O. The summed E-state index contributed by atoms with van der Waals surface area (Å²) in [6.07, 6.45) is 8.12. The molecule has 4 heteroatoms. The highest BCUT2D eigenvalue weighted by Gasteiger charge is 2.44. The maximum Gasteiger partial charge on any atom is 0.229 e. The van der Waals surface area contributed by atoms with Crippen molar-refractivity contribution in [1.29, 1.82) is 0 Å². The van der Waals surface area contributed by atoms with Crippen LogP contribution in [0.25, 0.3) is 0 Å². The number of carbonyl (C=O) groups is 2. The molecule has 3 fully saturated rings. The van der Waals surface area contributed by atoms with Gasteiger partial charge in [0.2, 0.25) is 11.8 Å². The quantitative estimate of drug-likeness (QED) is 0.795. The second kappa shape index (κ2) is 6.07. The van der Waals surface area contributed by atoms with Crippen LogP contribution in [0.3, 0.4) is 0 Å². The summed E-state index contributed by atoms with van der Waals surface area (Å²) in [5.74, 6) is 1.20. The molecule has 0 radical (unpaired) electrons. The fraction of sp³-hybridized carbons (Fsp3) is 0.882. The summed E-state index contributed by atoms with van der Waals surface area (Å²) in [5.41, 5.74) is 0.0132. The van der Waals surface area contributed by atoms with Crippen LogP contribution in [0.15, 0.2) is 0 Å². The van der Waals surface area contributed by atoms with Crippen molar-refractivity contribution < 1.29 is 9.59 Å². The van der Waals surface area contributed by atoms with Gasteiger partial charge in [-0.1, -0.05) is 26.2 Å². The Bertz CT molecular complexity index is 395. The van der Waals surface area contributed by atoms with Crippen molar-refractivity contribution in [2.75, 3.05) is 19.6 Å². The van der Waals surface area contributed by atoms with E-state index in [1.807, 2.05) is 0 Å². The second-order valence-electron chi connectivity index (χ2n) is 7.54. The van der Waals surface area contributed by atoms with Crippen LogP contribution in [-0.4, -0.2) is 36.3 Å². The van der Waals surface area contributed by atoms with Gasteiger partial charge in [-0.2, -0.15) is 0 Å². The van der Waals surface area contributed by atoms with Crippen LogP contribution in [0.5, 0.6) is 0 Å². The molecule has 4 nitrogen and oxygen atoms in total. The normalized spacial score (nSPS) is 33.5. The molecule has 3 aliphatic rings. The van der Waals surface area contributed by atoms with Gasteiger partial charge in [0.25, 0.3) is 0 Å². The molecular weight excluding hydrogens is 264 g/mol. The number of hydrogen-bond acceptors (Lipinski definition) is 3. The molecule has 21 heavy (non-hydrogen) atoms. The fourth-order valence-electron chi connectivity index (χ4n) is 4.43. The van der Waals surface area contributed by atoms with Crippen molar-refractivity contribution in [2.45, 2.75) is 58.3 Å². The Balaban J connectivity index is 1.65. The molecule has 0 aromatic heterocycles. The molecule has 1 saturated carbocycles. The summed E-state index contributed by atoms with van der Waals surface area (Å²) >= 11 is 0. The molecule has 2 unspecified atom stereocenters. The van der Waals surface area contributed by atoms with Crippen LogP contribution in [0, 0.1) is 17.3 Å². The third-order valence-corrected chi connectivity index (χ3v) is 5.97. The number of amides is 2. The summed E-state index contributed by atoms with van der Waals surface area (Å²) in [6, 6.07) is 0. The minimum absolute atomic E-state index is 0.0132. The van der Waals surface area contributed by atoms with Crippen molar-refractivity contribution in [3.63, 3.8) is 0 Å². The van der Waals surface area contributed by atoms with Crippen LogP contribution < -0.4 is 5.32 Å². The van der Waals surface area contributed by atoms with E-state index in [1.165, 1.54) is 19.3 Å². The van der Waals surface area contributed by atoms with Crippen molar-refractivity contribution in [3.05, 3.63) is 0 Å². The first-order valence-electron chi connectivity index (χ1n) is 8.64. The van der Waals surface area contributed by atoms with Gasteiger partial charge in [0, 0.05) is 19.4 Å². The van der Waals surface area contributed by atoms with E-state index in [2.05, 4.69) is 12.2 Å². The third kappa shape index (κ3) is 3.15. The minimum atomic E-state index is 0.0132. The minimum Gasteiger partial charge on any atom is -0.316 e. The third-order valence-electron chi connectivity index (χ3n) is 5.97. The van der Waals surface area contributed by atoms with E-state index < -0.39 is 0 Å². The number of nitrogens with zero attached hydrogens (tertiary/aromatic N) is 1. The molecule has 0 bridgehead atoms. The van der Waals surface area contributed by atoms with E-state index in [1.54, 1.807) is 4.90 Å². The van der Waals surface area contributed by atoms with Gasteiger partial charge in [-0.15, -0.1) is 0 Å². The number of nitrogens with one attached hydrogen (secondary N) is 1. The van der Waals surface area contributed by atoms with E-state index >= 15 is 0 Å². The van der Waals surface area contributed by atoms with Gasteiger partial charge in [-0.05, 0) is 49.6 Å². The van der Waals surface area contributed by atoms with E-state index in [4.69, 9.17) is 0 Å². The number of likely N-dealkylation sites (tertiary alicyclic amines) is 1. The van der Waals surface area contributed by atoms with Crippen LogP contribution in [0.1, 0.15) is 58.3 Å². The van der Waals surface area contributed by atoms with E-state index in [0.29, 0.717) is 31.2 Å². The lowest BCUT2D eigenvalue weighted by atomic mass is 9.67. The zero-order valence-corrected chi connectivity index (χ0v) is 13.2.